The lowest BCUT2D eigenvalue weighted by molar-refractivity contribution is -0.111. The second kappa shape index (κ2) is 6.20. The molecule has 0 atom stereocenters. The monoisotopic (exact) mass is 358 g/mol. The molecule has 0 aliphatic carbocycles. The summed E-state index contributed by atoms with van der Waals surface area (Å²) in [5.74, 6) is -0.157. The lowest BCUT2D eigenvalue weighted by Gasteiger charge is -2.05. The summed E-state index contributed by atoms with van der Waals surface area (Å²) in [4.78, 5) is 17.3. The van der Waals surface area contributed by atoms with Crippen molar-refractivity contribution in [2.45, 2.75) is 0 Å². The van der Waals surface area contributed by atoms with E-state index in [1.807, 2.05) is 41.8 Å². The molecule has 0 radical (unpaired) electrons. The summed E-state index contributed by atoms with van der Waals surface area (Å²) < 4.78 is 1.02. The van der Waals surface area contributed by atoms with Crippen molar-refractivity contribution < 1.29 is 4.79 Å². The smallest absolute Gasteiger partial charge is 0.248 e. The molecular formula is C16H11BrN2OS. The molecule has 104 valence electrons. The number of benzene rings is 1. The number of hydrogen-bond acceptors (Lipinski definition) is 3. The summed E-state index contributed by atoms with van der Waals surface area (Å²) in [5.41, 5.74) is 1.63. The van der Waals surface area contributed by atoms with Crippen LogP contribution >= 0.6 is 27.3 Å². The van der Waals surface area contributed by atoms with E-state index in [9.17, 15) is 4.79 Å². The van der Waals surface area contributed by atoms with Gasteiger partial charge in [-0.2, -0.15) is 0 Å². The van der Waals surface area contributed by atoms with E-state index in [1.165, 1.54) is 6.08 Å². The van der Waals surface area contributed by atoms with Crippen molar-refractivity contribution >= 4 is 55.8 Å². The molecule has 1 amide bonds. The molecule has 0 bridgehead atoms. The van der Waals surface area contributed by atoms with Crippen LogP contribution < -0.4 is 5.32 Å². The molecule has 0 fully saturated rings. The van der Waals surface area contributed by atoms with Crippen LogP contribution in [0.4, 0.5) is 5.69 Å². The molecule has 3 rings (SSSR count). The number of nitrogens with zero attached hydrogens (tertiary/aromatic N) is 1. The van der Waals surface area contributed by atoms with Crippen molar-refractivity contribution in [2.75, 3.05) is 5.32 Å². The lowest BCUT2D eigenvalue weighted by atomic mass is 10.2. The minimum Gasteiger partial charge on any atom is -0.322 e. The van der Waals surface area contributed by atoms with Gasteiger partial charge in [0, 0.05) is 32.4 Å². The number of halogens is 1. The zero-order chi connectivity index (χ0) is 14.7. The number of carbonyl (C=O) groups excluding carboxylic acids is 1. The van der Waals surface area contributed by atoms with Crippen LogP contribution in [0.2, 0.25) is 0 Å². The van der Waals surface area contributed by atoms with Crippen LogP contribution in [-0.2, 0) is 4.79 Å². The average molecular weight is 359 g/mol. The predicted molar refractivity (Wildman–Crippen MR) is 91.4 cm³/mol. The molecule has 0 saturated heterocycles. The van der Waals surface area contributed by atoms with E-state index in [0.29, 0.717) is 0 Å². The van der Waals surface area contributed by atoms with Crippen LogP contribution in [0, 0.1) is 0 Å². The van der Waals surface area contributed by atoms with Gasteiger partial charge in [0.25, 0.3) is 0 Å². The van der Waals surface area contributed by atoms with E-state index >= 15 is 0 Å². The van der Waals surface area contributed by atoms with E-state index in [2.05, 4.69) is 26.2 Å². The number of aromatic nitrogens is 1. The van der Waals surface area contributed by atoms with Crippen molar-refractivity contribution in [1.29, 1.82) is 0 Å². The molecule has 2 aromatic heterocycles. The number of anilines is 1. The van der Waals surface area contributed by atoms with Gasteiger partial charge in [0.2, 0.25) is 5.91 Å². The maximum Gasteiger partial charge on any atom is 0.248 e. The fraction of sp³-hybridized carbons (Fsp3) is 0. The standard InChI is InChI=1S/C16H11BrN2OS/c17-11-9-12(21-10-11)6-7-16(20)19-15-5-1-4-14-13(15)3-2-8-18-14/h1-10H,(H,19,20)/b7-6+. The number of carbonyl (C=O) groups is 1. The molecule has 0 spiro atoms. The maximum atomic E-state index is 12.0. The molecule has 0 unspecified atom stereocenters. The normalized spacial score (nSPS) is 11.1. The van der Waals surface area contributed by atoms with Crippen LogP contribution in [0.15, 0.2) is 58.5 Å². The summed E-state index contributed by atoms with van der Waals surface area (Å²) in [6, 6.07) is 11.4. The highest BCUT2D eigenvalue weighted by Gasteiger charge is 2.03. The highest BCUT2D eigenvalue weighted by molar-refractivity contribution is 9.10. The number of nitrogens with one attached hydrogen (secondary N) is 1. The molecule has 0 aliphatic heterocycles. The van der Waals surface area contributed by atoms with Crippen LogP contribution in [-0.4, -0.2) is 10.9 Å². The van der Waals surface area contributed by atoms with E-state index in [0.717, 1.165) is 25.9 Å². The molecule has 1 aromatic carbocycles. The number of fused-ring (bicyclic) bond motifs is 1. The van der Waals surface area contributed by atoms with Crippen LogP contribution in [0.1, 0.15) is 4.88 Å². The summed E-state index contributed by atoms with van der Waals surface area (Å²) in [6.07, 6.45) is 5.07. The predicted octanol–water partition coefficient (Wildman–Crippen LogP) is 4.71. The van der Waals surface area contributed by atoms with Gasteiger partial charge in [0.1, 0.15) is 0 Å². The van der Waals surface area contributed by atoms with Crippen LogP contribution in [0.25, 0.3) is 17.0 Å². The average Bonchev–Trinajstić information content (AvgIpc) is 2.91. The summed E-state index contributed by atoms with van der Waals surface area (Å²) in [7, 11) is 0. The Balaban J connectivity index is 1.79. The Morgan fingerprint density at radius 1 is 1.29 bits per heavy atom. The molecule has 21 heavy (non-hydrogen) atoms. The van der Waals surface area contributed by atoms with Crippen molar-refractivity contribution in [3.05, 3.63) is 63.4 Å². The number of pyridine rings is 1. The molecular weight excluding hydrogens is 348 g/mol. The van der Waals surface area contributed by atoms with Crippen molar-refractivity contribution in [3.63, 3.8) is 0 Å². The first-order valence-electron chi connectivity index (χ1n) is 6.29. The first-order valence-corrected chi connectivity index (χ1v) is 7.96. The minimum absolute atomic E-state index is 0.157. The molecule has 1 N–H and O–H groups in total. The van der Waals surface area contributed by atoms with E-state index in [-0.39, 0.29) is 5.91 Å². The first-order chi connectivity index (χ1) is 10.2. The second-order valence-electron chi connectivity index (χ2n) is 4.37. The van der Waals surface area contributed by atoms with Gasteiger partial charge in [-0.1, -0.05) is 6.07 Å². The van der Waals surface area contributed by atoms with Gasteiger partial charge >= 0.3 is 0 Å². The van der Waals surface area contributed by atoms with Gasteiger partial charge in [0.05, 0.1) is 11.2 Å². The quantitative estimate of drug-likeness (QED) is 0.688. The van der Waals surface area contributed by atoms with Crippen molar-refractivity contribution in [2.24, 2.45) is 0 Å². The van der Waals surface area contributed by atoms with Gasteiger partial charge in [-0.3, -0.25) is 9.78 Å². The lowest BCUT2D eigenvalue weighted by Crippen LogP contribution is -2.08. The van der Waals surface area contributed by atoms with Gasteiger partial charge in [0.15, 0.2) is 0 Å². The van der Waals surface area contributed by atoms with E-state index in [1.54, 1.807) is 23.6 Å². The molecule has 3 aromatic rings. The minimum atomic E-state index is -0.157. The SMILES string of the molecule is O=C(/C=C/c1cc(Br)cs1)Nc1cccc2ncccc12. The summed E-state index contributed by atoms with van der Waals surface area (Å²) in [5, 5.41) is 5.80. The fourth-order valence-electron chi connectivity index (χ4n) is 1.96. The molecule has 5 heteroatoms. The summed E-state index contributed by atoms with van der Waals surface area (Å²) in [6.45, 7) is 0. The Hall–Kier alpha value is -1.98. The number of rotatable bonds is 3. The largest absolute Gasteiger partial charge is 0.322 e. The first kappa shape index (κ1) is 14.0. The Morgan fingerprint density at radius 2 is 2.19 bits per heavy atom. The Kier molecular flexibility index (Phi) is 4.13. The zero-order valence-corrected chi connectivity index (χ0v) is 13.3. The van der Waals surface area contributed by atoms with Gasteiger partial charge in [-0.25, -0.2) is 0 Å². The molecule has 2 heterocycles. The fourth-order valence-corrected chi connectivity index (χ4v) is 3.30. The number of amides is 1. The Morgan fingerprint density at radius 3 is 3.00 bits per heavy atom. The number of hydrogen-bond donors (Lipinski definition) is 1. The highest BCUT2D eigenvalue weighted by atomic mass is 79.9. The van der Waals surface area contributed by atoms with Crippen LogP contribution in [0.5, 0.6) is 0 Å². The molecule has 0 saturated carbocycles. The van der Waals surface area contributed by atoms with Crippen LogP contribution in [0.3, 0.4) is 0 Å². The third-order valence-electron chi connectivity index (χ3n) is 2.89. The van der Waals surface area contributed by atoms with Gasteiger partial charge < -0.3 is 5.32 Å². The third-order valence-corrected chi connectivity index (χ3v) is 4.55. The second-order valence-corrected chi connectivity index (χ2v) is 6.22. The van der Waals surface area contributed by atoms with Gasteiger partial charge in [-0.15, -0.1) is 11.3 Å². The van der Waals surface area contributed by atoms with Crippen molar-refractivity contribution in [3.8, 4) is 0 Å². The molecule has 0 aliphatic rings. The Bertz CT molecular complexity index is 821. The highest BCUT2D eigenvalue weighted by Crippen LogP contribution is 2.22. The van der Waals surface area contributed by atoms with E-state index in [4.69, 9.17) is 0 Å². The summed E-state index contributed by atoms with van der Waals surface area (Å²) >= 11 is 4.97. The maximum absolute atomic E-state index is 12.0. The topological polar surface area (TPSA) is 42.0 Å². The Labute approximate surface area is 134 Å². The van der Waals surface area contributed by atoms with E-state index < -0.39 is 0 Å². The van der Waals surface area contributed by atoms with Gasteiger partial charge in [-0.05, 0) is 52.3 Å². The van der Waals surface area contributed by atoms with Crippen molar-refractivity contribution in [1.82, 2.24) is 4.98 Å². The number of thiophene rings is 1. The molecule has 3 nitrogen and oxygen atoms in total. The zero-order valence-electron chi connectivity index (χ0n) is 10.9. The third kappa shape index (κ3) is 3.37.